The topological polar surface area (TPSA) is 55.1 Å². The van der Waals surface area contributed by atoms with Crippen molar-refractivity contribution in [1.82, 2.24) is 5.32 Å². The molecule has 0 aliphatic heterocycles. The first kappa shape index (κ1) is 14.8. The summed E-state index contributed by atoms with van der Waals surface area (Å²) in [6.07, 6.45) is 3.51. The van der Waals surface area contributed by atoms with Crippen LogP contribution in [0.5, 0.6) is 0 Å². The number of nitrogens with one attached hydrogen (secondary N) is 1. The van der Waals surface area contributed by atoms with Gasteiger partial charge in [0.1, 0.15) is 0 Å². The molecule has 0 atom stereocenters. The van der Waals surface area contributed by atoms with Gasteiger partial charge in [-0.05, 0) is 36.1 Å². The number of hydrogen-bond acceptors (Lipinski definition) is 2. The third-order valence-corrected chi connectivity index (χ3v) is 4.71. The van der Waals surface area contributed by atoms with Crippen molar-refractivity contribution in [2.24, 2.45) is 5.73 Å². The van der Waals surface area contributed by atoms with E-state index in [1.165, 1.54) is 12.0 Å². The Hall–Kier alpha value is -2.13. The summed E-state index contributed by atoms with van der Waals surface area (Å²) in [6.45, 7) is 1.15. The van der Waals surface area contributed by atoms with Gasteiger partial charge in [0, 0.05) is 24.1 Å². The van der Waals surface area contributed by atoms with E-state index in [0.717, 1.165) is 18.4 Å². The van der Waals surface area contributed by atoms with Gasteiger partial charge in [-0.15, -0.1) is 0 Å². The van der Waals surface area contributed by atoms with E-state index >= 15 is 0 Å². The van der Waals surface area contributed by atoms with E-state index in [2.05, 4.69) is 29.6 Å². The van der Waals surface area contributed by atoms with Crippen molar-refractivity contribution in [3.63, 3.8) is 0 Å². The third-order valence-electron chi connectivity index (χ3n) is 4.71. The van der Waals surface area contributed by atoms with Gasteiger partial charge < -0.3 is 11.1 Å². The molecule has 0 spiro atoms. The molecule has 0 heterocycles. The lowest BCUT2D eigenvalue weighted by Crippen LogP contribution is -2.45. The van der Waals surface area contributed by atoms with Crippen LogP contribution in [0.3, 0.4) is 0 Å². The highest BCUT2D eigenvalue weighted by molar-refractivity contribution is 5.94. The highest BCUT2D eigenvalue weighted by Crippen LogP contribution is 2.43. The summed E-state index contributed by atoms with van der Waals surface area (Å²) < 4.78 is 0. The SMILES string of the molecule is NCc1cccc(C(=O)NCC2(c3ccccc3)CCC2)c1. The molecule has 3 heteroatoms. The summed E-state index contributed by atoms with van der Waals surface area (Å²) in [5.74, 6) is -0.0162. The Morgan fingerprint density at radius 1 is 1.09 bits per heavy atom. The Morgan fingerprint density at radius 2 is 1.86 bits per heavy atom. The van der Waals surface area contributed by atoms with Gasteiger partial charge in [0.25, 0.3) is 5.91 Å². The molecule has 1 saturated carbocycles. The minimum absolute atomic E-state index is 0.0162. The van der Waals surface area contributed by atoms with Crippen LogP contribution >= 0.6 is 0 Å². The first-order valence-electron chi connectivity index (χ1n) is 7.86. The van der Waals surface area contributed by atoms with Gasteiger partial charge >= 0.3 is 0 Å². The van der Waals surface area contributed by atoms with Crippen molar-refractivity contribution in [3.8, 4) is 0 Å². The molecular weight excluding hydrogens is 272 g/mol. The second-order valence-electron chi connectivity index (χ2n) is 6.09. The molecule has 0 bridgehead atoms. The first-order chi connectivity index (χ1) is 10.7. The lowest BCUT2D eigenvalue weighted by Gasteiger charge is -2.42. The minimum Gasteiger partial charge on any atom is -0.351 e. The van der Waals surface area contributed by atoms with Crippen molar-refractivity contribution in [2.45, 2.75) is 31.2 Å². The van der Waals surface area contributed by atoms with Crippen LogP contribution < -0.4 is 11.1 Å². The van der Waals surface area contributed by atoms with Gasteiger partial charge in [0.05, 0.1) is 0 Å². The average molecular weight is 294 g/mol. The summed E-state index contributed by atoms with van der Waals surface area (Å²) >= 11 is 0. The van der Waals surface area contributed by atoms with E-state index in [0.29, 0.717) is 18.7 Å². The second kappa shape index (κ2) is 6.32. The number of nitrogens with two attached hydrogens (primary N) is 1. The molecule has 1 fully saturated rings. The Morgan fingerprint density at radius 3 is 2.50 bits per heavy atom. The van der Waals surface area contributed by atoms with Crippen LogP contribution in [0, 0.1) is 0 Å². The predicted octanol–water partition coefficient (Wildman–Crippen LogP) is 3.00. The molecule has 114 valence electrons. The van der Waals surface area contributed by atoms with Crippen LogP contribution in [-0.4, -0.2) is 12.5 Å². The molecular formula is C19H22N2O. The molecule has 22 heavy (non-hydrogen) atoms. The molecule has 2 aromatic carbocycles. The zero-order valence-electron chi connectivity index (χ0n) is 12.7. The van der Waals surface area contributed by atoms with Crippen LogP contribution in [-0.2, 0) is 12.0 Å². The highest BCUT2D eigenvalue weighted by atomic mass is 16.1. The van der Waals surface area contributed by atoms with Crippen molar-refractivity contribution in [1.29, 1.82) is 0 Å². The molecule has 1 aliphatic rings. The number of benzene rings is 2. The maximum Gasteiger partial charge on any atom is 0.251 e. The van der Waals surface area contributed by atoms with Crippen LogP contribution in [0.1, 0.15) is 40.7 Å². The molecule has 0 saturated heterocycles. The highest BCUT2D eigenvalue weighted by Gasteiger charge is 2.38. The fourth-order valence-electron chi connectivity index (χ4n) is 3.15. The third kappa shape index (κ3) is 2.90. The van der Waals surface area contributed by atoms with Gasteiger partial charge in [0.15, 0.2) is 0 Å². The van der Waals surface area contributed by atoms with Gasteiger partial charge in [-0.1, -0.05) is 48.9 Å². The summed E-state index contributed by atoms with van der Waals surface area (Å²) in [5.41, 5.74) is 8.75. The maximum atomic E-state index is 12.4. The van der Waals surface area contributed by atoms with Gasteiger partial charge in [0.2, 0.25) is 0 Å². The first-order valence-corrected chi connectivity index (χ1v) is 7.86. The van der Waals surface area contributed by atoms with E-state index in [1.54, 1.807) is 0 Å². The largest absolute Gasteiger partial charge is 0.351 e. The van der Waals surface area contributed by atoms with E-state index in [9.17, 15) is 4.79 Å². The quantitative estimate of drug-likeness (QED) is 0.890. The zero-order chi connectivity index (χ0) is 15.4. The molecule has 1 amide bonds. The van der Waals surface area contributed by atoms with Gasteiger partial charge in [-0.25, -0.2) is 0 Å². The summed E-state index contributed by atoms with van der Waals surface area (Å²) in [6, 6.07) is 18.0. The zero-order valence-corrected chi connectivity index (χ0v) is 12.7. The number of rotatable bonds is 5. The van der Waals surface area contributed by atoms with Crippen LogP contribution in [0.2, 0.25) is 0 Å². The molecule has 0 radical (unpaired) electrons. The van der Waals surface area contributed by atoms with Gasteiger partial charge in [-0.2, -0.15) is 0 Å². The van der Waals surface area contributed by atoms with Crippen molar-refractivity contribution >= 4 is 5.91 Å². The summed E-state index contributed by atoms with van der Waals surface area (Å²) in [5, 5.41) is 3.11. The maximum absolute atomic E-state index is 12.4. The lowest BCUT2D eigenvalue weighted by atomic mass is 9.64. The monoisotopic (exact) mass is 294 g/mol. The molecule has 3 rings (SSSR count). The van der Waals surface area contributed by atoms with Crippen molar-refractivity contribution in [3.05, 3.63) is 71.3 Å². The van der Waals surface area contributed by atoms with Gasteiger partial charge in [-0.3, -0.25) is 4.79 Å². The van der Waals surface area contributed by atoms with Crippen molar-refractivity contribution in [2.75, 3.05) is 6.54 Å². The smallest absolute Gasteiger partial charge is 0.251 e. The van der Waals surface area contributed by atoms with E-state index in [-0.39, 0.29) is 11.3 Å². The minimum atomic E-state index is -0.0162. The Bertz CT molecular complexity index is 647. The molecule has 2 aromatic rings. The van der Waals surface area contributed by atoms with Crippen LogP contribution in [0.15, 0.2) is 54.6 Å². The van der Waals surface area contributed by atoms with Crippen molar-refractivity contribution < 1.29 is 4.79 Å². The summed E-state index contributed by atoms with van der Waals surface area (Å²) in [7, 11) is 0. The van der Waals surface area contributed by atoms with Crippen LogP contribution in [0.4, 0.5) is 0 Å². The molecule has 3 N–H and O–H groups in total. The molecule has 0 aromatic heterocycles. The second-order valence-corrected chi connectivity index (χ2v) is 6.09. The Balaban J connectivity index is 1.69. The van der Waals surface area contributed by atoms with E-state index in [1.807, 2.05) is 30.3 Å². The predicted molar refractivity (Wildman–Crippen MR) is 88.6 cm³/mol. The lowest BCUT2D eigenvalue weighted by molar-refractivity contribution is 0.0928. The van der Waals surface area contributed by atoms with E-state index < -0.39 is 0 Å². The molecule has 1 aliphatic carbocycles. The Labute approximate surface area is 131 Å². The van der Waals surface area contributed by atoms with Crippen LogP contribution in [0.25, 0.3) is 0 Å². The number of carbonyl (C=O) groups is 1. The number of carbonyl (C=O) groups excluding carboxylic acids is 1. The normalized spacial score (nSPS) is 15.9. The summed E-state index contributed by atoms with van der Waals surface area (Å²) in [4.78, 5) is 12.4. The fourth-order valence-corrected chi connectivity index (χ4v) is 3.15. The Kier molecular flexibility index (Phi) is 4.25. The fraction of sp³-hybridized carbons (Fsp3) is 0.316. The standard InChI is InChI=1S/C19H22N2O/c20-13-15-6-4-7-16(12-15)18(22)21-14-19(10-5-11-19)17-8-2-1-3-9-17/h1-4,6-9,12H,5,10-11,13-14,20H2,(H,21,22). The molecule has 0 unspecified atom stereocenters. The number of hydrogen-bond donors (Lipinski definition) is 2. The average Bonchev–Trinajstić information content (AvgIpc) is 2.54. The van der Waals surface area contributed by atoms with E-state index in [4.69, 9.17) is 5.73 Å². The molecule has 3 nitrogen and oxygen atoms in total. The number of amides is 1.